The summed E-state index contributed by atoms with van der Waals surface area (Å²) in [6, 6.07) is 0. The van der Waals surface area contributed by atoms with Gasteiger partial charge in [0.25, 0.3) is 0 Å². The molecule has 0 aliphatic carbocycles. The molecule has 0 aromatic heterocycles. The molecule has 0 aromatic rings. The molecule has 11 heteroatoms. The Morgan fingerprint density at radius 2 is 1.39 bits per heavy atom. The summed E-state index contributed by atoms with van der Waals surface area (Å²) in [7, 11) is 0. The maximum Gasteiger partial charge on any atom is 0.460 e. The van der Waals surface area contributed by atoms with Crippen molar-refractivity contribution in [1.29, 1.82) is 0 Å². The zero-order valence-electron chi connectivity index (χ0n) is 12.0. The van der Waals surface area contributed by atoms with Crippen LogP contribution < -0.4 is 5.11 Å². The number of rotatable bonds is 5. The summed E-state index contributed by atoms with van der Waals surface area (Å²) in [5.74, 6) is -16.0. The molecule has 0 saturated heterocycles. The Labute approximate surface area is 125 Å². The van der Waals surface area contributed by atoms with Crippen molar-refractivity contribution in [1.82, 2.24) is 0 Å². The predicted molar refractivity (Wildman–Crippen MR) is 59.4 cm³/mol. The minimum atomic E-state index is -6.59. The van der Waals surface area contributed by atoms with E-state index in [0.717, 1.165) is 20.8 Å². The molecule has 23 heavy (non-hydrogen) atoms. The number of carbonyl (C=O) groups excluding carboxylic acids is 2. The van der Waals surface area contributed by atoms with Crippen LogP contribution in [0.4, 0.5) is 30.7 Å². The monoisotopic (exact) mass is 353 g/mol. The molecule has 1 atom stereocenters. The van der Waals surface area contributed by atoms with Crippen LogP contribution in [0.25, 0.3) is 0 Å². The lowest BCUT2D eigenvalue weighted by Gasteiger charge is -2.39. The predicted octanol–water partition coefficient (Wildman–Crippen LogP) is 2.08. The van der Waals surface area contributed by atoms with E-state index in [0.29, 0.717) is 0 Å². The van der Waals surface area contributed by atoms with Crippen molar-refractivity contribution in [3.8, 4) is 0 Å². The van der Waals surface area contributed by atoms with Crippen molar-refractivity contribution < 1.29 is 50.2 Å². The van der Waals surface area contributed by atoms with Crippen LogP contribution >= 0.6 is 0 Å². The largest absolute Gasteiger partial charge is 0.545 e. The molecular formula is C12H12F7O4-. The number of carboxylic acid groups (broad SMARTS) is 1. The zero-order chi connectivity index (χ0) is 18.9. The van der Waals surface area contributed by atoms with E-state index in [4.69, 9.17) is 0 Å². The lowest BCUT2D eigenvalue weighted by molar-refractivity contribution is -0.377. The highest BCUT2D eigenvalue weighted by Crippen LogP contribution is 2.51. The Bertz CT molecular complexity index is 489. The smallest absolute Gasteiger partial charge is 0.460 e. The first-order valence-electron chi connectivity index (χ1n) is 5.86. The molecule has 0 aromatic carbocycles. The number of ether oxygens (including phenoxy) is 1. The van der Waals surface area contributed by atoms with Gasteiger partial charge in [0.1, 0.15) is 0 Å². The molecule has 0 aliphatic rings. The number of esters is 1. The SMILES string of the molecule is CC(C)(C)C(OC(=O)C=CC(=O)[O-])C(F)(F)C(F)(F)C(F)(F)F. The Morgan fingerprint density at radius 1 is 0.957 bits per heavy atom. The minimum absolute atomic E-state index is 0.0437. The lowest BCUT2D eigenvalue weighted by Crippen LogP contribution is -2.61. The second-order valence-corrected chi connectivity index (χ2v) is 5.53. The van der Waals surface area contributed by atoms with Crippen LogP contribution in [0.3, 0.4) is 0 Å². The quantitative estimate of drug-likeness (QED) is 0.431. The standard InChI is InChI=1S/C12H13F7O4/c1-9(2,3)8(23-7(22)5-4-6(20)21)10(13,14)11(15,16)12(17,18)19/h4-5,8H,1-3H3,(H,20,21)/p-1. The zero-order valence-corrected chi connectivity index (χ0v) is 12.0. The van der Waals surface area contributed by atoms with E-state index in [1.165, 1.54) is 0 Å². The number of hydrogen-bond donors (Lipinski definition) is 0. The van der Waals surface area contributed by atoms with Gasteiger partial charge in [0.15, 0.2) is 6.10 Å². The normalized spacial score (nSPS) is 15.6. The molecule has 0 N–H and O–H groups in total. The van der Waals surface area contributed by atoms with Crippen LogP contribution in [0.15, 0.2) is 12.2 Å². The number of hydrogen-bond acceptors (Lipinski definition) is 4. The van der Waals surface area contributed by atoms with Gasteiger partial charge in [-0.2, -0.15) is 30.7 Å². The number of carbonyl (C=O) groups is 2. The molecular weight excluding hydrogens is 341 g/mol. The van der Waals surface area contributed by atoms with E-state index in [-0.39, 0.29) is 12.2 Å². The molecule has 4 nitrogen and oxygen atoms in total. The van der Waals surface area contributed by atoms with E-state index in [9.17, 15) is 45.4 Å². The molecule has 0 amide bonds. The first-order valence-corrected chi connectivity index (χ1v) is 5.86. The Morgan fingerprint density at radius 3 is 1.70 bits per heavy atom. The van der Waals surface area contributed by atoms with E-state index in [1.807, 2.05) is 0 Å². The van der Waals surface area contributed by atoms with Gasteiger partial charge in [0.05, 0.1) is 5.97 Å². The number of carboxylic acids is 1. The fourth-order valence-electron chi connectivity index (χ4n) is 1.44. The third-order valence-electron chi connectivity index (χ3n) is 2.48. The van der Waals surface area contributed by atoms with Gasteiger partial charge in [0.2, 0.25) is 0 Å². The van der Waals surface area contributed by atoms with Gasteiger partial charge in [-0.3, -0.25) is 0 Å². The molecule has 0 heterocycles. The van der Waals surface area contributed by atoms with Crippen molar-refractivity contribution in [2.45, 2.75) is 44.9 Å². The van der Waals surface area contributed by atoms with Gasteiger partial charge in [-0.05, 0) is 6.08 Å². The molecule has 0 rings (SSSR count). The van der Waals surface area contributed by atoms with Gasteiger partial charge in [-0.25, -0.2) is 4.79 Å². The second kappa shape index (κ2) is 6.36. The van der Waals surface area contributed by atoms with E-state index in [2.05, 4.69) is 4.74 Å². The maximum atomic E-state index is 13.7. The fourth-order valence-corrected chi connectivity index (χ4v) is 1.44. The van der Waals surface area contributed by atoms with Crippen LogP contribution in [0, 0.1) is 5.41 Å². The molecule has 0 fully saturated rings. The first-order chi connectivity index (χ1) is 9.94. The molecule has 134 valence electrons. The van der Waals surface area contributed by atoms with Gasteiger partial charge in [-0.15, -0.1) is 0 Å². The van der Waals surface area contributed by atoms with Gasteiger partial charge < -0.3 is 14.6 Å². The third-order valence-corrected chi connectivity index (χ3v) is 2.48. The minimum Gasteiger partial charge on any atom is -0.545 e. The molecule has 1 unspecified atom stereocenters. The van der Waals surface area contributed by atoms with Crippen LogP contribution in [-0.4, -0.2) is 36.1 Å². The van der Waals surface area contributed by atoms with E-state index >= 15 is 0 Å². The first kappa shape index (κ1) is 21.2. The Balaban J connectivity index is 5.75. The van der Waals surface area contributed by atoms with Gasteiger partial charge >= 0.3 is 24.0 Å². The van der Waals surface area contributed by atoms with Crippen molar-refractivity contribution >= 4 is 11.9 Å². The summed E-state index contributed by atoms with van der Waals surface area (Å²) in [5, 5.41) is 10.1. The molecule has 0 aliphatic heterocycles. The third kappa shape index (κ3) is 4.83. The topological polar surface area (TPSA) is 66.4 Å². The number of alkyl halides is 7. The summed E-state index contributed by atoms with van der Waals surface area (Å²) in [6.45, 7) is 2.52. The highest BCUT2D eigenvalue weighted by atomic mass is 19.4. The second-order valence-electron chi connectivity index (χ2n) is 5.53. The van der Waals surface area contributed by atoms with Crippen LogP contribution in [0.1, 0.15) is 20.8 Å². The van der Waals surface area contributed by atoms with Gasteiger partial charge in [-0.1, -0.05) is 20.8 Å². The molecule has 0 radical (unpaired) electrons. The van der Waals surface area contributed by atoms with Crippen LogP contribution in [0.5, 0.6) is 0 Å². The summed E-state index contributed by atoms with van der Waals surface area (Å²) >= 11 is 0. The summed E-state index contributed by atoms with van der Waals surface area (Å²) in [4.78, 5) is 21.2. The van der Waals surface area contributed by atoms with E-state index in [1.54, 1.807) is 0 Å². The van der Waals surface area contributed by atoms with Crippen molar-refractivity contribution in [3.05, 3.63) is 12.2 Å². The Hall–Kier alpha value is -1.81. The molecule has 0 spiro atoms. The van der Waals surface area contributed by atoms with Crippen LogP contribution in [0.2, 0.25) is 0 Å². The number of halogens is 7. The van der Waals surface area contributed by atoms with Gasteiger partial charge in [0, 0.05) is 11.5 Å². The summed E-state index contributed by atoms with van der Waals surface area (Å²) < 4.78 is 94.1. The summed E-state index contributed by atoms with van der Waals surface area (Å²) in [6.07, 6.45) is -9.68. The maximum absolute atomic E-state index is 13.7. The van der Waals surface area contributed by atoms with Crippen LogP contribution in [-0.2, 0) is 14.3 Å². The fraction of sp³-hybridized carbons (Fsp3) is 0.667. The van der Waals surface area contributed by atoms with Crippen molar-refractivity contribution in [2.75, 3.05) is 0 Å². The molecule has 0 saturated carbocycles. The van der Waals surface area contributed by atoms with E-state index < -0.39 is 41.5 Å². The average Bonchev–Trinajstić information content (AvgIpc) is 2.30. The Kier molecular flexibility index (Phi) is 5.86. The lowest BCUT2D eigenvalue weighted by atomic mass is 9.82. The van der Waals surface area contributed by atoms with Crippen molar-refractivity contribution in [2.24, 2.45) is 5.41 Å². The summed E-state index contributed by atoms with van der Waals surface area (Å²) in [5.41, 5.74) is -2.02. The highest BCUT2D eigenvalue weighted by molar-refractivity contribution is 5.90. The highest BCUT2D eigenvalue weighted by Gasteiger charge is 2.77. The molecule has 0 bridgehead atoms. The van der Waals surface area contributed by atoms with Crippen molar-refractivity contribution in [3.63, 3.8) is 0 Å². The average molecular weight is 353 g/mol. The number of aliphatic carboxylic acids is 1.